The summed E-state index contributed by atoms with van der Waals surface area (Å²) in [4.78, 5) is 25.1. The summed E-state index contributed by atoms with van der Waals surface area (Å²) in [5.41, 5.74) is 3.33. The minimum absolute atomic E-state index is 0.0294. The van der Waals surface area contributed by atoms with Gasteiger partial charge in [0.1, 0.15) is 11.6 Å². The molecule has 2 heterocycles. The predicted molar refractivity (Wildman–Crippen MR) is 118 cm³/mol. The monoisotopic (exact) mass is 401 g/mol. The lowest BCUT2D eigenvalue weighted by molar-refractivity contribution is -0.121. The van der Waals surface area contributed by atoms with Gasteiger partial charge in [0, 0.05) is 24.7 Å². The maximum absolute atomic E-state index is 12.2. The van der Waals surface area contributed by atoms with E-state index in [1.165, 1.54) is 0 Å². The van der Waals surface area contributed by atoms with Gasteiger partial charge in [-0.05, 0) is 43.7 Å². The Morgan fingerprint density at radius 2 is 2.00 bits per heavy atom. The average Bonchev–Trinajstić information content (AvgIpc) is 3.52. The number of benzene rings is 1. The second kappa shape index (κ2) is 8.32. The first-order valence-corrected chi connectivity index (χ1v) is 9.79. The molecule has 3 aromatic rings. The van der Waals surface area contributed by atoms with Gasteiger partial charge in [0.15, 0.2) is 5.76 Å². The van der Waals surface area contributed by atoms with E-state index in [-0.39, 0.29) is 11.8 Å². The zero-order chi connectivity index (χ0) is 21.1. The summed E-state index contributed by atoms with van der Waals surface area (Å²) in [6.07, 6.45) is 7.01. The second-order valence-electron chi connectivity index (χ2n) is 7.16. The quantitative estimate of drug-likeness (QED) is 0.577. The van der Waals surface area contributed by atoms with Gasteiger partial charge in [-0.25, -0.2) is 15.0 Å². The van der Waals surface area contributed by atoms with Gasteiger partial charge in [-0.15, -0.1) is 0 Å². The van der Waals surface area contributed by atoms with Gasteiger partial charge in [-0.3, -0.25) is 4.79 Å². The number of carbonyl (C=O) groups excluding carboxylic acids is 1. The van der Waals surface area contributed by atoms with Gasteiger partial charge in [0.2, 0.25) is 11.8 Å². The van der Waals surface area contributed by atoms with Gasteiger partial charge in [0.25, 0.3) is 0 Å². The van der Waals surface area contributed by atoms with Crippen LogP contribution in [-0.2, 0) is 4.79 Å². The summed E-state index contributed by atoms with van der Waals surface area (Å²) >= 11 is 0. The molecule has 1 aliphatic rings. The van der Waals surface area contributed by atoms with Crippen LogP contribution in [0.3, 0.4) is 0 Å². The van der Waals surface area contributed by atoms with Crippen molar-refractivity contribution in [2.24, 2.45) is 10.9 Å². The zero-order valence-electron chi connectivity index (χ0n) is 17.0. The van der Waals surface area contributed by atoms with Crippen LogP contribution < -0.4 is 10.6 Å². The number of anilines is 1. The maximum Gasteiger partial charge on any atom is 0.228 e. The fourth-order valence-electron chi connectivity index (χ4n) is 3.20. The molecule has 0 bridgehead atoms. The predicted octanol–water partition coefficient (Wildman–Crippen LogP) is 4.28. The van der Waals surface area contributed by atoms with E-state index in [0.717, 1.165) is 35.3 Å². The molecule has 0 aliphatic heterocycles. The number of hydrogen-bond acceptors (Lipinski definition) is 6. The lowest BCUT2D eigenvalue weighted by atomic mass is 10.0. The van der Waals surface area contributed by atoms with Crippen molar-refractivity contribution < 1.29 is 9.21 Å². The van der Waals surface area contributed by atoms with Crippen molar-refractivity contribution in [1.82, 2.24) is 15.3 Å². The van der Waals surface area contributed by atoms with Crippen molar-refractivity contribution in [2.45, 2.75) is 19.8 Å². The van der Waals surface area contributed by atoms with Gasteiger partial charge < -0.3 is 15.1 Å². The molecule has 0 saturated heterocycles. The Balaban J connectivity index is 1.76. The number of aromatic nitrogens is 2. The van der Waals surface area contributed by atoms with E-state index in [4.69, 9.17) is 4.42 Å². The number of nitrogens with one attached hydrogen (secondary N) is 2. The number of hydrogen-bond donors (Lipinski definition) is 2. The van der Waals surface area contributed by atoms with E-state index in [9.17, 15) is 4.79 Å². The van der Waals surface area contributed by atoms with Gasteiger partial charge in [-0.2, -0.15) is 0 Å². The Hall–Kier alpha value is -3.74. The van der Waals surface area contributed by atoms with Crippen LogP contribution in [0.5, 0.6) is 0 Å². The standard InChI is InChI=1S/C23H23N5O2/c1-14-17(11-20(24-2)28-22(29)16-9-10-16)18(12-26-21(14)25-3)23-27-13-19(30-23)15-7-5-4-6-8-15/h4-8,11-13,16H,2,9-10H2,1,3H3,(H,25,26)(H,28,29)/b20-11+. The van der Waals surface area contributed by atoms with E-state index in [1.54, 1.807) is 18.5 Å². The molecular formula is C23H23N5O2. The van der Waals surface area contributed by atoms with Gasteiger partial charge >= 0.3 is 0 Å². The summed E-state index contributed by atoms with van der Waals surface area (Å²) in [7, 11) is 1.81. The lowest BCUT2D eigenvalue weighted by Gasteiger charge is -2.12. The van der Waals surface area contributed by atoms with E-state index in [1.807, 2.05) is 44.3 Å². The van der Waals surface area contributed by atoms with E-state index in [2.05, 4.69) is 32.3 Å². The van der Waals surface area contributed by atoms with E-state index in [0.29, 0.717) is 23.0 Å². The molecule has 4 rings (SSSR count). The van der Waals surface area contributed by atoms with Crippen LogP contribution in [0.15, 0.2) is 58.0 Å². The molecule has 1 saturated carbocycles. The SMILES string of the molecule is C=N/C(=C\c1c(-c2ncc(-c3ccccc3)o2)cnc(NC)c1C)NC(=O)C1CC1. The highest BCUT2D eigenvalue weighted by atomic mass is 16.4. The molecule has 0 radical (unpaired) electrons. The van der Waals surface area contributed by atoms with Gasteiger partial charge in [-0.1, -0.05) is 30.3 Å². The van der Waals surface area contributed by atoms with Crippen molar-refractivity contribution in [1.29, 1.82) is 0 Å². The van der Waals surface area contributed by atoms with Crippen molar-refractivity contribution >= 4 is 24.5 Å². The molecule has 0 spiro atoms. The summed E-state index contributed by atoms with van der Waals surface area (Å²) < 4.78 is 6.04. The molecule has 2 N–H and O–H groups in total. The zero-order valence-corrected chi connectivity index (χ0v) is 17.0. The van der Waals surface area contributed by atoms with E-state index < -0.39 is 0 Å². The molecule has 2 aromatic heterocycles. The topological polar surface area (TPSA) is 92.4 Å². The molecule has 1 amide bonds. The Morgan fingerprint density at radius 3 is 2.67 bits per heavy atom. The highest BCUT2D eigenvalue weighted by Crippen LogP contribution is 2.33. The highest BCUT2D eigenvalue weighted by Gasteiger charge is 2.30. The lowest BCUT2D eigenvalue weighted by Crippen LogP contribution is -2.23. The maximum atomic E-state index is 12.2. The van der Waals surface area contributed by atoms with Crippen LogP contribution in [0.2, 0.25) is 0 Å². The Bertz CT molecular complexity index is 1110. The number of nitrogens with zero attached hydrogens (tertiary/aromatic N) is 3. The first-order valence-electron chi connectivity index (χ1n) is 9.79. The fraction of sp³-hybridized carbons (Fsp3) is 0.217. The number of aliphatic imine (C=N–C) groups is 1. The second-order valence-corrected chi connectivity index (χ2v) is 7.16. The Kier molecular flexibility index (Phi) is 5.43. The minimum atomic E-state index is -0.0294. The molecule has 1 aromatic carbocycles. The third-order valence-corrected chi connectivity index (χ3v) is 5.05. The third-order valence-electron chi connectivity index (χ3n) is 5.05. The molecule has 1 fully saturated rings. The molecule has 0 unspecified atom stereocenters. The Labute approximate surface area is 175 Å². The van der Waals surface area contributed by atoms with Crippen LogP contribution >= 0.6 is 0 Å². The van der Waals surface area contributed by atoms with Crippen molar-refractivity contribution in [3.63, 3.8) is 0 Å². The Morgan fingerprint density at radius 1 is 1.23 bits per heavy atom. The fourth-order valence-corrected chi connectivity index (χ4v) is 3.20. The molecular weight excluding hydrogens is 378 g/mol. The number of carbonyl (C=O) groups is 1. The summed E-state index contributed by atoms with van der Waals surface area (Å²) in [6, 6.07) is 9.78. The van der Waals surface area contributed by atoms with Crippen molar-refractivity contribution in [3.8, 4) is 22.8 Å². The van der Waals surface area contributed by atoms with Crippen molar-refractivity contribution in [2.75, 3.05) is 12.4 Å². The first-order chi connectivity index (χ1) is 14.6. The summed E-state index contributed by atoms with van der Waals surface area (Å²) in [5.74, 6) is 2.26. The van der Waals surface area contributed by atoms with Crippen LogP contribution in [-0.4, -0.2) is 29.6 Å². The molecule has 7 heteroatoms. The normalized spacial score (nSPS) is 13.7. The molecule has 1 aliphatic carbocycles. The van der Waals surface area contributed by atoms with Gasteiger partial charge in [0.05, 0.1) is 11.8 Å². The van der Waals surface area contributed by atoms with Crippen LogP contribution in [0, 0.1) is 12.8 Å². The minimum Gasteiger partial charge on any atom is -0.436 e. The molecule has 0 atom stereocenters. The number of amides is 1. The molecule has 7 nitrogen and oxygen atoms in total. The largest absolute Gasteiger partial charge is 0.436 e. The first kappa shape index (κ1) is 19.6. The van der Waals surface area contributed by atoms with Crippen LogP contribution in [0.1, 0.15) is 24.0 Å². The molecule has 152 valence electrons. The van der Waals surface area contributed by atoms with Crippen LogP contribution in [0.25, 0.3) is 28.9 Å². The number of oxazole rings is 1. The highest BCUT2D eigenvalue weighted by molar-refractivity contribution is 5.85. The van der Waals surface area contributed by atoms with Crippen molar-refractivity contribution in [3.05, 3.63) is 59.7 Å². The third kappa shape index (κ3) is 4.00. The molecule has 30 heavy (non-hydrogen) atoms. The summed E-state index contributed by atoms with van der Waals surface area (Å²) in [6.45, 7) is 5.55. The van der Waals surface area contributed by atoms with E-state index >= 15 is 0 Å². The average molecular weight is 401 g/mol. The van der Waals surface area contributed by atoms with Crippen LogP contribution in [0.4, 0.5) is 5.82 Å². The summed E-state index contributed by atoms with van der Waals surface area (Å²) in [5, 5.41) is 5.93. The number of pyridine rings is 1. The number of rotatable bonds is 7. The smallest absolute Gasteiger partial charge is 0.228 e.